The third kappa shape index (κ3) is 2.77. The maximum atomic E-state index is 13.9. The zero-order valence-corrected chi connectivity index (χ0v) is 11.3. The normalized spacial score (nSPS) is 23.2. The number of rotatable bonds is 3. The Labute approximate surface area is 111 Å². The van der Waals surface area contributed by atoms with Gasteiger partial charge in [-0.25, -0.2) is 12.8 Å². The molecule has 2 unspecified atom stereocenters. The first-order valence-corrected chi connectivity index (χ1v) is 7.68. The molecule has 1 heterocycles. The zero-order valence-electron chi connectivity index (χ0n) is 10.5. The van der Waals surface area contributed by atoms with E-state index >= 15 is 0 Å². The highest BCUT2D eigenvalue weighted by Gasteiger charge is 2.36. The molecule has 1 aromatic rings. The molecule has 0 saturated carbocycles. The summed E-state index contributed by atoms with van der Waals surface area (Å²) in [7, 11) is -3.48. The molecule has 0 radical (unpaired) electrons. The van der Waals surface area contributed by atoms with Gasteiger partial charge in [-0.05, 0) is 19.4 Å². The zero-order chi connectivity index (χ0) is 14.0. The van der Waals surface area contributed by atoms with Gasteiger partial charge in [-0.1, -0.05) is 12.1 Å². The molecule has 0 amide bonds. The van der Waals surface area contributed by atoms with E-state index in [4.69, 9.17) is 10.00 Å². The number of hydrogen-bond donors (Lipinski definition) is 0. The lowest BCUT2D eigenvalue weighted by molar-refractivity contribution is 0.126. The Kier molecular flexibility index (Phi) is 3.88. The Balaban J connectivity index is 2.29. The van der Waals surface area contributed by atoms with Crippen LogP contribution in [0, 0.1) is 17.1 Å². The van der Waals surface area contributed by atoms with Gasteiger partial charge in [-0.3, -0.25) is 0 Å². The summed E-state index contributed by atoms with van der Waals surface area (Å²) < 4.78 is 43.6. The topological polar surface area (TPSA) is 67.2 Å². The van der Waals surface area contributed by atoms with Crippen LogP contribution in [0.3, 0.4) is 0 Å². The number of nitriles is 1. The third-order valence-electron chi connectivity index (χ3n) is 3.32. The van der Waals surface area contributed by atoms with Gasteiger partial charge in [-0.15, -0.1) is 0 Å². The fraction of sp³-hybridized carbons (Fsp3) is 0.462. The van der Waals surface area contributed by atoms with E-state index in [1.165, 1.54) is 18.2 Å². The summed E-state index contributed by atoms with van der Waals surface area (Å²) in [6.45, 7) is 2.11. The van der Waals surface area contributed by atoms with Gasteiger partial charge in [-0.2, -0.15) is 5.26 Å². The molecule has 102 valence electrons. The van der Waals surface area contributed by atoms with Gasteiger partial charge >= 0.3 is 0 Å². The molecular weight excluding hydrogens is 269 g/mol. The van der Waals surface area contributed by atoms with Crippen LogP contribution in [0.25, 0.3) is 0 Å². The minimum Gasteiger partial charge on any atom is -0.377 e. The number of ether oxygens (including phenoxy) is 1. The van der Waals surface area contributed by atoms with E-state index in [2.05, 4.69) is 0 Å². The molecule has 2 atom stereocenters. The third-order valence-corrected chi connectivity index (χ3v) is 5.58. The van der Waals surface area contributed by atoms with E-state index in [0.29, 0.717) is 13.0 Å². The molecule has 1 saturated heterocycles. The van der Waals surface area contributed by atoms with Crippen molar-refractivity contribution in [3.63, 3.8) is 0 Å². The predicted molar refractivity (Wildman–Crippen MR) is 67.6 cm³/mol. The summed E-state index contributed by atoms with van der Waals surface area (Å²) in [5.41, 5.74) is -0.0958. The van der Waals surface area contributed by atoms with E-state index in [1.807, 2.05) is 0 Å². The summed E-state index contributed by atoms with van der Waals surface area (Å²) >= 11 is 0. The van der Waals surface area contributed by atoms with Crippen molar-refractivity contribution in [1.82, 2.24) is 0 Å². The first kappa shape index (κ1) is 14.0. The van der Waals surface area contributed by atoms with E-state index in [0.717, 1.165) is 0 Å². The molecule has 0 N–H and O–H groups in total. The average Bonchev–Trinajstić information content (AvgIpc) is 2.79. The lowest BCUT2D eigenvalue weighted by atomic mass is 10.1. The molecule has 4 nitrogen and oxygen atoms in total. The Morgan fingerprint density at radius 2 is 2.26 bits per heavy atom. The molecule has 0 aromatic heterocycles. The highest BCUT2D eigenvalue weighted by molar-refractivity contribution is 7.91. The second-order valence-corrected chi connectivity index (χ2v) is 6.82. The minimum absolute atomic E-state index is 0.0400. The van der Waals surface area contributed by atoms with Crippen LogP contribution in [-0.2, 0) is 20.3 Å². The maximum absolute atomic E-state index is 13.9. The van der Waals surface area contributed by atoms with Crippen molar-refractivity contribution in [2.24, 2.45) is 0 Å². The van der Waals surface area contributed by atoms with E-state index < -0.39 is 26.7 Å². The second-order valence-electron chi connectivity index (χ2n) is 4.60. The van der Waals surface area contributed by atoms with Crippen LogP contribution in [0.15, 0.2) is 18.2 Å². The Bertz CT molecular complexity index is 621. The van der Waals surface area contributed by atoms with Crippen LogP contribution < -0.4 is 0 Å². The molecule has 6 heteroatoms. The molecule has 0 spiro atoms. The van der Waals surface area contributed by atoms with Gasteiger partial charge in [0.2, 0.25) is 0 Å². The molecular formula is C13H14FNO3S. The van der Waals surface area contributed by atoms with Crippen molar-refractivity contribution < 1.29 is 17.5 Å². The van der Waals surface area contributed by atoms with Crippen molar-refractivity contribution >= 4 is 9.84 Å². The predicted octanol–water partition coefficient (Wildman–Crippen LogP) is 1.79. The molecule has 2 rings (SSSR count). The van der Waals surface area contributed by atoms with Crippen molar-refractivity contribution in [3.05, 3.63) is 35.1 Å². The molecule has 0 bridgehead atoms. The summed E-state index contributed by atoms with van der Waals surface area (Å²) in [4.78, 5) is 0. The smallest absolute Gasteiger partial charge is 0.160 e. The fourth-order valence-electron chi connectivity index (χ4n) is 2.29. The lowest BCUT2D eigenvalue weighted by Crippen LogP contribution is -2.29. The van der Waals surface area contributed by atoms with Crippen LogP contribution in [-0.4, -0.2) is 26.4 Å². The molecule has 1 aliphatic heterocycles. The first-order valence-electron chi connectivity index (χ1n) is 5.96. The molecule has 19 heavy (non-hydrogen) atoms. The lowest BCUT2D eigenvalue weighted by Gasteiger charge is -2.15. The van der Waals surface area contributed by atoms with E-state index in [9.17, 15) is 12.8 Å². The quantitative estimate of drug-likeness (QED) is 0.848. The van der Waals surface area contributed by atoms with Crippen LogP contribution in [0.4, 0.5) is 4.39 Å². The molecule has 1 fully saturated rings. The summed E-state index contributed by atoms with van der Waals surface area (Å²) in [6.07, 6.45) is 0.0653. The first-order chi connectivity index (χ1) is 8.95. The van der Waals surface area contributed by atoms with Crippen molar-refractivity contribution in [2.45, 2.75) is 30.5 Å². The summed E-state index contributed by atoms with van der Waals surface area (Å²) in [6, 6.07) is 5.92. The van der Waals surface area contributed by atoms with E-state index in [-0.39, 0.29) is 17.2 Å². The van der Waals surface area contributed by atoms with Gasteiger partial charge in [0, 0.05) is 12.2 Å². The Morgan fingerprint density at radius 1 is 1.53 bits per heavy atom. The summed E-state index contributed by atoms with van der Waals surface area (Å²) in [5, 5.41) is 8.14. The number of halogens is 1. The van der Waals surface area contributed by atoms with Gasteiger partial charge in [0.05, 0.1) is 22.7 Å². The monoisotopic (exact) mass is 283 g/mol. The largest absolute Gasteiger partial charge is 0.377 e. The van der Waals surface area contributed by atoms with Crippen molar-refractivity contribution in [3.8, 4) is 6.07 Å². The van der Waals surface area contributed by atoms with Crippen LogP contribution >= 0.6 is 0 Å². The SMILES string of the molecule is CC1OCCC1S(=O)(=O)Cc1cccc(C#N)c1F. The molecule has 0 aliphatic carbocycles. The number of nitrogens with zero attached hydrogens (tertiary/aromatic N) is 1. The van der Waals surface area contributed by atoms with Crippen LogP contribution in [0.2, 0.25) is 0 Å². The van der Waals surface area contributed by atoms with Gasteiger partial charge in [0.15, 0.2) is 9.84 Å². The van der Waals surface area contributed by atoms with Gasteiger partial charge in [0.25, 0.3) is 0 Å². The summed E-state index contributed by atoms with van der Waals surface area (Å²) in [5.74, 6) is -1.15. The highest BCUT2D eigenvalue weighted by atomic mass is 32.2. The molecule has 1 aliphatic rings. The standard InChI is InChI=1S/C13H14FNO3S/c1-9-12(5-6-18-9)19(16,17)8-11-4-2-3-10(7-15)13(11)14/h2-4,9,12H,5-6,8H2,1H3. The molecule has 1 aromatic carbocycles. The minimum atomic E-state index is -3.48. The second kappa shape index (κ2) is 5.27. The number of benzene rings is 1. The fourth-order valence-corrected chi connectivity index (χ4v) is 4.27. The number of hydrogen-bond acceptors (Lipinski definition) is 4. The maximum Gasteiger partial charge on any atom is 0.160 e. The van der Waals surface area contributed by atoms with Gasteiger partial charge in [0.1, 0.15) is 11.9 Å². The van der Waals surface area contributed by atoms with Crippen molar-refractivity contribution in [1.29, 1.82) is 5.26 Å². The van der Waals surface area contributed by atoms with Gasteiger partial charge < -0.3 is 4.74 Å². The van der Waals surface area contributed by atoms with E-state index in [1.54, 1.807) is 13.0 Å². The highest BCUT2D eigenvalue weighted by Crippen LogP contribution is 2.25. The van der Waals surface area contributed by atoms with Crippen LogP contribution in [0.1, 0.15) is 24.5 Å². The Hall–Kier alpha value is -1.45. The number of sulfone groups is 1. The average molecular weight is 283 g/mol. The van der Waals surface area contributed by atoms with Crippen LogP contribution in [0.5, 0.6) is 0 Å². The Morgan fingerprint density at radius 3 is 2.84 bits per heavy atom. The van der Waals surface area contributed by atoms with Crippen molar-refractivity contribution in [2.75, 3.05) is 6.61 Å².